The summed E-state index contributed by atoms with van der Waals surface area (Å²) in [4.78, 5) is 11.9. The molecular formula is C15H18N4O2S. The summed E-state index contributed by atoms with van der Waals surface area (Å²) < 4.78 is 6.86. The van der Waals surface area contributed by atoms with Crippen LogP contribution in [0.2, 0.25) is 0 Å². The first-order valence-electron chi connectivity index (χ1n) is 7.07. The molecule has 7 heteroatoms. The van der Waals surface area contributed by atoms with Crippen molar-refractivity contribution in [2.45, 2.75) is 26.7 Å². The first-order chi connectivity index (χ1) is 10.6. The molecule has 2 rings (SSSR count). The number of nitrogens with zero attached hydrogens (tertiary/aromatic N) is 3. The van der Waals surface area contributed by atoms with Crippen LogP contribution in [0.15, 0.2) is 34.2 Å². The molecule has 0 atom stereocenters. The van der Waals surface area contributed by atoms with Gasteiger partial charge in [0.05, 0.1) is 12.8 Å². The normalized spacial score (nSPS) is 11.0. The molecule has 0 aliphatic rings. The van der Waals surface area contributed by atoms with Gasteiger partial charge in [-0.25, -0.2) is 0 Å². The van der Waals surface area contributed by atoms with Crippen molar-refractivity contribution in [1.82, 2.24) is 14.9 Å². The van der Waals surface area contributed by atoms with Gasteiger partial charge in [0, 0.05) is 0 Å². The molecule has 1 aromatic carbocycles. The molecule has 116 valence electrons. The Bertz CT molecular complexity index is 762. The van der Waals surface area contributed by atoms with Crippen LogP contribution >= 0.6 is 12.2 Å². The number of benzene rings is 1. The maximum absolute atomic E-state index is 11.9. The Kier molecular flexibility index (Phi) is 5.60. The number of unbranched alkanes of at least 4 members (excludes halogenated alkanes) is 1. The van der Waals surface area contributed by atoms with Gasteiger partial charge in [0.15, 0.2) is 0 Å². The lowest BCUT2D eigenvalue weighted by molar-refractivity contribution is 0.309. The van der Waals surface area contributed by atoms with Crippen LogP contribution in [0.5, 0.6) is 5.75 Å². The molecule has 0 saturated carbocycles. The minimum absolute atomic E-state index is 0.159. The zero-order chi connectivity index (χ0) is 15.9. The van der Waals surface area contributed by atoms with Crippen molar-refractivity contribution < 1.29 is 4.74 Å². The monoisotopic (exact) mass is 318 g/mol. The Morgan fingerprint density at radius 1 is 1.41 bits per heavy atom. The number of rotatable bonds is 6. The highest BCUT2D eigenvalue weighted by Gasteiger charge is 2.01. The summed E-state index contributed by atoms with van der Waals surface area (Å²) in [5.74, 6) is 0.819. The largest absolute Gasteiger partial charge is 0.494 e. The van der Waals surface area contributed by atoms with Crippen LogP contribution in [-0.2, 0) is 0 Å². The molecule has 1 N–H and O–H groups in total. The molecule has 0 aliphatic carbocycles. The topological polar surface area (TPSA) is 72.3 Å². The third-order valence-corrected chi connectivity index (χ3v) is 3.25. The Labute approximate surface area is 133 Å². The number of hydrogen-bond acceptors (Lipinski definition) is 5. The van der Waals surface area contributed by atoms with E-state index in [2.05, 4.69) is 22.2 Å². The average molecular weight is 318 g/mol. The molecular weight excluding hydrogens is 300 g/mol. The van der Waals surface area contributed by atoms with Gasteiger partial charge in [-0.3, -0.25) is 9.89 Å². The molecule has 6 nitrogen and oxygen atoms in total. The molecule has 0 unspecified atom stereocenters. The Morgan fingerprint density at radius 2 is 2.14 bits per heavy atom. The lowest BCUT2D eigenvalue weighted by Gasteiger charge is -2.05. The van der Waals surface area contributed by atoms with E-state index in [1.54, 1.807) is 13.1 Å². The first kappa shape index (κ1) is 16.1. The van der Waals surface area contributed by atoms with Crippen LogP contribution in [0.1, 0.15) is 31.0 Å². The standard InChI is InChI=1S/C15H18N4O2S/c1-3-4-9-21-13-7-5-12(6-8-13)10-16-19-14(20)11(2)17-18-15(19)22/h5-8,10H,3-4,9H2,1-2H3,(H,18,22). The molecule has 0 bridgehead atoms. The summed E-state index contributed by atoms with van der Waals surface area (Å²) in [6, 6.07) is 7.49. The van der Waals surface area contributed by atoms with Crippen molar-refractivity contribution in [3.63, 3.8) is 0 Å². The minimum atomic E-state index is -0.334. The molecule has 2 aromatic rings. The van der Waals surface area contributed by atoms with Crippen LogP contribution in [0.3, 0.4) is 0 Å². The van der Waals surface area contributed by atoms with Crippen molar-refractivity contribution in [3.8, 4) is 5.75 Å². The molecule has 0 saturated heterocycles. The van der Waals surface area contributed by atoms with Gasteiger partial charge in [-0.1, -0.05) is 13.3 Å². The second-order valence-corrected chi connectivity index (χ2v) is 5.13. The molecule has 0 spiro atoms. The van der Waals surface area contributed by atoms with Crippen molar-refractivity contribution in [2.24, 2.45) is 5.10 Å². The van der Waals surface area contributed by atoms with E-state index in [-0.39, 0.29) is 10.3 Å². The van der Waals surface area contributed by atoms with E-state index in [0.29, 0.717) is 12.3 Å². The quantitative estimate of drug-likeness (QED) is 0.505. The predicted octanol–water partition coefficient (Wildman–Crippen LogP) is 2.67. The average Bonchev–Trinajstić information content (AvgIpc) is 2.53. The van der Waals surface area contributed by atoms with Crippen molar-refractivity contribution in [2.75, 3.05) is 6.61 Å². The van der Waals surface area contributed by atoms with Crippen LogP contribution in [-0.4, -0.2) is 27.7 Å². The summed E-state index contributed by atoms with van der Waals surface area (Å²) >= 11 is 5.01. The number of nitrogens with one attached hydrogen (secondary N) is 1. The van der Waals surface area contributed by atoms with Gasteiger partial charge < -0.3 is 4.74 Å². The van der Waals surface area contributed by atoms with Crippen LogP contribution in [0.25, 0.3) is 0 Å². The molecule has 1 aromatic heterocycles. The van der Waals surface area contributed by atoms with Crippen LogP contribution in [0.4, 0.5) is 0 Å². The van der Waals surface area contributed by atoms with E-state index >= 15 is 0 Å². The Morgan fingerprint density at radius 3 is 2.82 bits per heavy atom. The highest BCUT2D eigenvalue weighted by molar-refractivity contribution is 7.71. The third-order valence-electron chi connectivity index (χ3n) is 2.98. The first-order valence-corrected chi connectivity index (χ1v) is 7.48. The lowest BCUT2D eigenvalue weighted by Crippen LogP contribution is -2.22. The van der Waals surface area contributed by atoms with Gasteiger partial charge in [-0.05, 0) is 55.4 Å². The third kappa shape index (κ3) is 4.11. The van der Waals surface area contributed by atoms with E-state index in [1.807, 2.05) is 24.3 Å². The number of aryl methyl sites for hydroxylation is 1. The number of aromatic nitrogens is 3. The van der Waals surface area contributed by atoms with Gasteiger partial charge in [0.2, 0.25) is 4.77 Å². The highest BCUT2D eigenvalue weighted by Crippen LogP contribution is 2.11. The fourth-order valence-corrected chi connectivity index (χ4v) is 1.86. The highest BCUT2D eigenvalue weighted by atomic mass is 32.1. The van der Waals surface area contributed by atoms with E-state index < -0.39 is 0 Å². The fraction of sp³-hybridized carbons (Fsp3) is 0.333. The van der Waals surface area contributed by atoms with E-state index in [0.717, 1.165) is 28.8 Å². The maximum atomic E-state index is 11.9. The second kappa shape index (κ2) is 7.65. The molecule has 0 aliphatic heterocycles. The van der Waals surface area contributed by atoms with Crippen LogP contribution in [0, 0.1) is 11.7 Å². The maximum Gasteiger partial charge on any atom is 0.296 e. The molecule has 0 amide bonds. The molecule has 1 heterocycles. The molecule has 0 fully saturated rings. The number of H-pyrrole nitrogens is 1. The van der Waals surface area contributed by atoms with Gasteiger partial charge >= 0.3 is 0 Å². The van der Waals surface area contributed by atoms with Crippen molar-refractivity contribution >= 4 is 18.4 Å². The van der Waals surface area contributed by atoms with Gasteiger partial charge in [0.25, 0.3) is 5.56 Å². The van der Waals surface area contributed by atoms with E-state index in [4.69, 9.17) is 17.0 Å². The van der Waals surface area contributed by atoms with Gasteiger partial charge in [-0.15, -0.1) is 0 Å². The van der Waals surface area contributed by atoms with E-state index in [1.165, 1.54) is 0 Å². The number of ether oxygens (including phenoxy) is 1. The molecule has 22 heavy (non-hydrogen) atoms. The summed E-state index contributed by atoms with van der Waals surface area (Å²) in [6.07, 6.45) is 3.71. The summed E-state index contributed by atoms with van der Waals surface area (Å²) in [5.41, 5.74) is 0.823. The zero-order valence-electron chi connectivity index (χ0n) is 12.6. The summed E-state index contributed by atoms with van der Waals surface area (Å²) in [5, 5.41) is 10.5. The van der Waals surface area contributed by atoms with Gasteiger partial charge in [0.1, 0.15) is 11.4 Å². The Hall–Kier alpha value is -2.28. The van der Waals surface area contributed by atoms with Crippen molar-refractivity contribution in [1.29, 1.82) is 0 Å². The van der Waals surface area contributed by atoms with Crippen molar-refractivity contribution in [3.05, 3.63) is 50.6 Å². The number of hydrogen-bond donors (Lipinski definition) is 1. The Balaban J connectivity index is 2.13. The fourth-order valence-electron chi connectivity index (χ4n) is 1.69. The minimum Gasteiger partial charge on any atom is -0.494 e. The molecule has 0 radical (unpaired) electrons. The van der Waals surface area contributed by atoms with Crippen LogP contribution < -0.4 is 10.3 Å². The lowest BCUT2D eigenvalue weighted by atomic mass is 10.2. The number of aromatic amines is 1. The van der Waals surface area contributed by atoms with E-state index in [9.17, 15) is 4.79 Å². The zero-order valence-corrected chi connectivity index (χ0v) is 13.4. The second-order valence-electron chi connectivity index (χ2n) is 4.75. The SMILES string of the molecule is CCCCOc1ccc(C=Nn2c(=S)[nH]nc(C)c2=O)cc1. The smallest absolute Gasteiger partial charge is 0.296 e. The summed E-state index contributed by atoms with van der Waals surface area (Å²) in [6.45, 7) is 4.43. The summed E-state index contributed by atoms with van der Waals surface area (Å²) in [7, 11) is 0. The van der Waals surface area contributed by atoms with Gasteiger partial charge in [-0.2, -0.15) is 14.9 Å². The predicted molar refractivity (Wildman–Crippen MR) is 88.3 cm³/mol.